The molecule has 1 aliphatic heterocycles. The zero-order valence-electron chi connectivity index (χ0n) is 15.6. The van der Waals surface area contributed by atoms with Crippen LogP contribution in [0.15, 0.2) is 59.5 Å². The molecule has 0 aromatic heterocycles. The van der Waals surface area contributed by atoms with E-state index in [-0.39, 0.29) is 4.90 Å². The van der Waals surface area contributed by atoms with Gasteiger partial charge in [0.15, 0.2) is 0 Å². The fourth-order valence-electron chi connectivity index (χ4n) is 3.20. The Balaban J connectivity index is 1.74. The molecule has 0 radical (unpaired) electrons. The Kier molecular flexibility index (Phi) is 5.40. The van der Waals surface area contributed by atoms with Crippen molar-refractivity contribution < 1.29 is 22.8 Å². The van der Waals surface area contributed by atoms with Crippen LogP contribution in [0.3, 0.4) is 0 Å². The van der Waals surface area contributed by atoms with Crippen LogP contribution in [-0.4, -0.2) is 37.7 Å². The predicted octanol–water partition coefficient (Wildman–Crippen LogP) is 1.13. The number of carbonyl (C=O) groups is 3. The third kappa shape index (κ3) is 3.98. The van der Waals surface area contributed by atoms with E-state index in [1.807, 2.05) is 0 Å². The van der Waals surface area contributed by atoms with Gasteiger partial charge >= 0.3 is 6.03 Å². The van der Waals surface area contributed by atoms with Gasteiger partial charge < -0.3 is 10.6 Å². The smallest absolute Gasteiger partial charge is 0.325 e. The van der Waals surface area contributed by atoms with Gasteiger partial charge in [-0.25, -0.2) is 18.4 Å². The van der Waals surface area contributed by atoms with E-state index in [1.165, 1.54) is 24.3 Å². The highest BCUT2D eigenvalue weighted by Crippen LogP contribution is 2.32. The first kappa shape index (κ1) is 20.5. The van der Waals surface area contributed by atoms with Crippen molar-refractivity contribution in [2.24, 2.45) is 5.14 Å². The van der Waals surface area contributed by atoms with Gasteiger partial charge in [-0.1, -0.05) is 37.3 Å². The monoisotopic (exact) mass is 416 g/mol. The van der Waals surface area contributed by atoms with Crippen molar-refractivity contribution in [3.05, 3.63) is 60.2 Å². The average Bonchev–Trinajstić information content (AvgIpc) is 2.93. The van der Waals surface area contributed by atoms with Crippen LogP contribution in [0.25, 0.3) is 0 Å². The maximum atomic E-state index is 13.0. The van der Waals surface area contributed by atoms with Gasteiger partial charge in [0.05, 0.1) is 4.90 Å². The Labute approximate surface area is 167 Å². The van der Waals surface area contributed by atoms with Gasteiger partial charge in [0.25, 0.3) is 5.91 Å². The molecule has 3 rings (SSSR count). The van der Waals surface area contributed by atoms with Crippen molar-refractivity contribution in [3.63, 3.8) is 0 Å². The number of hydrogen-bond acceptors (Lipinski definition) is 5. The summed E-state index contributed by atoms with van der Waals surface area (Å²) in [5.74, 6) is -1.10. The number of nitrogens with one attached hydrogen (secondary N) is 2. The molecule has 2 aromatic rings. The number of anilines is 1. The highest BCUT2D eigenvalue weighted by Gasteiger charge is 2.51. The summed E-state index contributed by atoms with van der Waals surface area (Å²) in [5, 5.41) is 10.3. The Morgan fingerprint density at radius 1 is 1.10 bits per heavy atom. The second kappa shape index (κ2) is 7.64. The minimum absolute atomic E-state index is 0.0970. The molecule has 10 heteroatoms. The summed E-state index contributed by atoms with van der Waals surface area (Å²) in [5.41, 5.74) is -0.267. The molecule has 29 heavy (non-hydrogen) atoms. The lowest BCUT2D eigenvalue weighted by Crippen LogP contribution is -2.44. The second-order valence-corrected chi connectivity index (χ2v) is 8.13. The molecular formula is C19H20N4O5S. The van der Waals surface area contributed by atoms with Crippen molar-refractivity contribution in [2.75, 3.05) is 11.9 Å². The summed E-state index contributed by atoms with van der Waals surface area (Å²) in [6, 6.07) is 13.4. The largest absolute Gasteiger partial charge is 0.325 e. The fraction of sp³-hybridized carbons (Fsp3) is 0.211. The number of nitrogens with zero attached hydrogens (tertiary/aromatic N) is 1. The highest BCUT2D eigenvalue weighted by molar-refractivity contribution is 7.89. The van der Waals surface area contributed by atoms with E-state index in [2.05, 4.69) is 10.6 Å². The van der Waals surface area contributed by atoms with Crippen molar-refractivity contribution in [2.45, 2.75) is 23.8 Å². The SMILES string of the molecule is CC[C@@]1(c2ccccc2)NC(=O)N(CC(=O)Nc2ccc(S(N)(=O)=O)cc2)C1=O. The van der Waals surface area contributed by atoms with E-state index in [9.17, 15) is 22.8 Å². The van der Waals surface area contributed by atoms with E-state index < -0.39 is 40.0 Å². The van der Waals surface area contributed by atoms with E-state index in [0.717, 1.165) is 4.90 Å². The Bertz CT molecular complexity index is 1050. The minimum Gasteiger partial charge on any atom is -0.325 e. The first-order valence-corrected chi connectivity index (χ1v) is 10.3. The summed E-state index contributed by atoms with van der Waals surface area (Å²) >= 11 is 0. The van der Waals surface area contributed by atoms with E-state index in [4.69, 9.17) is 5.14 Å². The van der Waals surface area contributed by atoms with E-state index in [0.29, 0.717) is 17.7 Å². The summed E-state index contributed by atoms with van der Waals surface area (Å²) < 4.78 is 22.6. The van der Waals surface area contributed by atoms with Crippen LogP contribution < -0.4 is 15.8 Å². The maximum absolute atomic E-state index is 13.0. The Hall–Kier alpha value is -3.24. The number of sulfonamides is 1. The normalized spacial score (nSPS) is 19.2. The fourth-order valence-corrected chi connectivity index (χ4v) is 3.72. The molecular weight excluding hydrogens is 396 g/mol. The molecule has 0 saturated carbocycles. The topological polar surface area (TPSA) is 139 Å². The van der Waals surface area contributed by atoms with Crippen molar-refractivity contribution >= 4 is 33.6 Å². The van der Waals surface area contributed by atoms with Gasteiger partial charge in [0, 0.05) is 5.69 Å². The van der Waals surface area contributed by atoms with Gasteiger partial charge in [0.2, 0.25) is 15.9 Å². The maximum Gasteiger partial charge on any atom is 0.325 e. The predicted molar refractivity (Wildman–Crippen MR) is 105 cm³/mol. The van der Waals surface area contributed by atoms with Crippen LogP contribution in [0.1, 0.15) is 18.9 Å². The Morgan fingerprint density at radius 3 is 2.28 bits per heavy atom. The number of imide groups is 1. The van der Waals surface area contributed by atoms with Crippen LogP contribution in [0.2, 0.25) is 0 Å². The molecule has 1 fully saturated rings. The van der Waals surface area contributed by atoms with Gasteiger partial charge in [-0.15, -0.1) is 0 Å². The lowest BCUT2D eigenvalue weighted by Gasteiger charge is -2.25. The van der Waals surface area contributed by atoms with Gasteiger partial charge in [-0.2, -0.15) is 0 Å². The molecule has 1 heterocycles. The van der Waals surface area contributed by atoms with Crippen LogP contribution in [0.5, 0.6) is 0 Å². The number of carbonyl (C=O) groups excluding carboxylic acids is 3. The first-order valence-electron chi connectivity index (χ1n) is 8.80. The van der Waals surface area contributed by atoms with Gasteiger partial charge in [0.1, 0.15) is 12.1 Å². The summed E-state index contributed by atoms with van der Waals surface area (Å²) in [4.78, 5) is 38.5. The van der Waals surface area contributed by atoms with E-state index in [1.54, 1.807) is 37.3 Å². The quantitative estimate of drug-likeness (QED) is 0.606. The summed E-state index contributed by atoms with van der Waals surface area (Å²) in [6.45, 7) is 1.30. The van der Waals surface area contributed by atoms with Gasteiger partial charge in [-0.3, -0.25) is 14.5 Å². The molecule has 4 amide bonds. The number of rotatable bonds is 6. The molecule has 152 valence electrons. The molecule has 1 aliphatic rings. The molecule has 0 spiro atoms. The molecule has 0 bridgehead atoms. The third-order valence-electron chi connectivity index (χ3n) is 4.74. The Morgan fingerprint density at radius 2 is 1.72 bits per heavy atom. The molecule has 2 aromatic carbocycles. The number of benzene rings is 2. The third-order valence-corrected chi connectivity index (χ3v) is 5.67. The zero-order chi connectivity index (χ0) is 21.2. The van der Waals surface area contributed by atoms with Crippen molar-refractivity contribution in [3.8, 4) is 0 Å². The van der Waals surface area contributed by atoms with E-state index >= 15 is 0 Å². The molecule has 0 aliphatic carbocycles. The number of hydrogen-bond donors (Lipinski definition) is 3. The molecule has 0 unspecified atom stereocenters. The number of nitrogens with two attached hydrogens (primary N) is 1. The standard InChI is InChI=1S/C19H20N4O5S/c1-2-19(13-6-4-3-5-7-13)17(25)23(18(26)22-19)12-16(24)21-14-8-10-15(11-9-14)29(20,27)28/h3-11H,2,12H2,1H3,(H,21,24)(H,22,26)(H2,20,27,28)/t19-/m0/s1. The zero-order valence-corrected chi connectivity index (χ0v) is 16.4. The molecule has 1 atom stereocenters. The van der Waals surface area contributed by atoms with Crippen LogP contribution in [-0.2, 0) is 25.2 Å². The first-order chi connectivity index (χ1) is 13.7. The summed E-state index contributed by atoms with van der Waals surface area (Å²) in [6.07, 6.45) is 0.328. The lowest BCUT2D eigenvalue weighted by molar-refractivity contribution is -0.134. The van der Waals surface area contributed by atoms with Crippen molar-refractivity contribution in [1.82, 2.24) is 10.2 Å². The average molecular weight is 416 g/mol. The van der Waals surface area contributed by atoms with Crippen molar-refractivity contribution in [1.29, 1.82) is 0 Å². The number of primary sulfonamides is 1. The van der Waals surface area contributed by atoms with Crippen LogP contribution in [0, 0.1) is 0 Å². The van der Waals surface area contributed by atoms with Gasteiger partial charge in [-0.05, 0) is 36.2 Å². The summed E-state index contributed by atoms with van der Waals surface area (Å²) in [7, 11) is -3.84. The lowest BCUT2D eigenvalue weighted by atomic mass is 9.87. The molecule has 1 saturated heterocycles. The minimum atomic E-state index is -3.84. The highest BCUT2D eigenvalue weighted by atomic mass is 32.2. The number of amides is 4. The van der Waals surface area contributed by atoms with Crippen LogP contribution >= 0.6 is 0 Å². The number of urea groups is 1. The molecule has 4 N–H and O–H groups in total. The van der Waals surface area contributed by atoms with Crippen LogP contribution in [0.4, 0.5) is 10.5 Å². The second-order valence-electron chi connectivity index (χ2n) is 6.56. The molecule has 9 nitrogen and oxygen atoms in total.